The maximum absolute atomic E-state index is 12.4. The number of carbonyl (C=O) groups excluding carboxylic acids is 1. The molecule has 1 aromatic carbocycles. The summed E-state index contributed by atoms with van der Waals surface area (Å²) in [6.07, 6.45) is 4.52. The number of nitrogens with one attached hydrogen (secondary N) is 2. The molecular formula is C20H23N3O. The lowest BCUT2D eigenvalue weighted by molar-refractivity contribution is 0.0953. The first-order valence-electron chi connectivity index (χ1n) is 8.48. The number of carbonyl (C=O) groups is 1. The van der Waals surface area contributed by atoms with Crippen LogP contribution in [0.15, 0.2) is 42.6 Å². The second kappa shape index (κ2) is 7.30. The maximum atomic E-state index is 12.4. The Balaban J connectivity index is 1.60. The molecule has 2 N–H and O–H groups in total. The molecule has 0 aliphatic rings. The highest BCUT2D eigenvalue weighted by Crippen LogP contribution is 2.23. The third kappa shape index (κ3) is 3.48. The van der Waals surface area contributed by atoms with Gasteiger partial charge in [-0.1, -0.05) is 13.0 Å². The fraction of sp³-hybridized carbons (Fsp3) is 0.300. The van der Waals surface area contributed by atoms with Crippen molar-refractivity contribution in [3.63, 3.8) is 0 Å². The zero-order valence-electron chi connectivity index (χ0n) is 14.2. The zero-order valence-corrected chi connectivity index (χ0v) is 14.2. The Kier molecular flexibility index (Phi) is 4.94. The number of nitrogens with zero attached hydrogens (tertiary/aromatic N) is 1. The van der Waals surface area contributed by atoms with Crippen molar-refractivity contribution in [1.82, 2.24) is 15.3 Å². The molecule has 0 saturated heterocycles. The van der Waals surface area contributed by atoms with Crippen molar-refractivity contribution in [3.8, 4) is 0 Å². The smallest absolute Gasteiger partial charge is 0.251 e. The maximum Gasteiger partial charge on any atom is 0.251 e. The minimum atomic E-state index is -0.0171. The van der Waals surface area contributed by atoms with Gasteiger partial charge in [-0.15, -0.1) is 0 Å². The highest BCUT2D eigenvalue weighted by molar-refractivity contribution is 5.99. The van der Waals surface area contributed by atoms with Crippen LogP contribution < -0.4 is 5.32 Å². The van der Waals surface area contributed by atoms with Crippen LogP contribution in [-0.4, -0.2) is 22.4 Å². The van der Waals surface area contributed by atoms with Crippen LogP contribution in [0, 0.1) is 6.92 Å². The summed E-state index contributed by atoms with van der Waals surface area (Å²) in [6.45, 7) is 4.89. The first-order valence-corrected chi connectivity index (χ1v) is 8.48. The van der Waals surface area contributed by atoms with Gasteiger partial charge in [0.1, 0.15) is 0 Å². The van der Waals surface area contributed by atoms with Gasteiger partial charge in [0.05, 0.1) is 0 Å². The average molecular weight is 321 g/mol. The van der Waals surface area contributed by atoms with Crippen molar-refractivity contribution >= 4 is 16.8 Å². The molecule has 4 nitrogen and oxygen atoms in total. The molecular weight excluding hydrogens is 298 g/mol. The van der Waals surface area contributed by atoms with E-state index in [1.54, 1.807) is 6.20 Å². The highest BCUT2D eigenvalue weighted by Gasteiger charge is 2.10. The van der Waals surface area contributed by atoms with Crippen LogP contribution in [0.4, 0.5) is 0 Å². The summed E-state index contributed by atoms with van der Waals surface area (Å²) < 4.78 is 0. The van der Waals surface area contributed by atoms with E-state index in [-0.39, 0.29) is 5.91 Å². The Morgan fingerprint density at radius 2 is 2.12 bits per heavy atom. The summed E-state index contributed by atoms with van der Waals surface area (Å²) in [5.41, 5.74) is 5.33. The van der Waals surface area contributed by atoms with E-state index in [9.17, 15) is 4.79 Å². The predicted molar refractivity (Wildman–Crippen MR) is 97.3 cm³/mol. The number of rotatable bonds is 6. The van der Waals surface area contributed by atoms with Crippen molar-refractivity contribution in [2.24, 2.45) is 0 Å². The number of hydrogen-bond acceptors (Lipinski definition) is 2. The van der Waals surface area contributed by atoms with E-state index in [0.717, 1.165) is 35.9 Å². The summed E-state index contributed by atoms with van der Waals surface area (Å²) >= 11 is 0. The third-order valence-corrected chi connectivity index (χ3v) is 4.40. The number of amides is 1. The van der Waals surface area contributed by atoms with Crippen LogP contribution in [0.1, 0.15) is 40.7 Å². The number of aromatic nitrogens is 2. The van der Waals surface area contributed by atoms with E-state index in [0.29, 0.717) is 12.1 Å². The van der Waals surface area contributed by atoms with Crippen LogP contribution in [0.2, 0.25) is 0 Å². The molecule has 0 aliphatic heterocycles. The molecule has 0 bridgehead atoms. The van der Waals surface area contributed by atoms with Gasteiger partial charge in [0.15, 0.2) is 0 Å². The lowest BCUT2D eigenvalue weighted by atomic mass is 10.1. The number of fused-ring (bicyclic) bond motifs is 1. The third-order valence-electron chi connectivity index (χ3n) is 4.40. The van der Waals surface area contributed by atoms with Crippen molar-refractivity contribution in [2.45, 2.75) is 33.1 Å². The topological polar surface area (TPSA) is 57.8 Å². The van der Waals surface area contributed by atoms with Gasteiger partial charge in [-0.2, -0.15) is 0 Å². The van der Waals surface area contributed by atoms with E-state index >= 15 is 0 Å². The van der Waals surface area contributed by atoms with Gasteiger partial charge in [0.2, 0.25) is 0 Å². The zero-order chi connectivity index (χ0) is 16.9. The summed E-state index contributed by atoms with van der Waals surface area (Å²) in [5.74, 6) is -0.0171. The number of hydrogen-bond donors (Lipinski definition) is 2. The second-order valence-corrected chi connectivity index (χ2v) is 6.02. The van der Waals surface area contributed by atoms with Gasteiger partial charge < -0.3 is 10.3 Å². The number of aryl methyl sites for hydroxylation is 3. The van der Waals surface area contributed by atoms with Crippen molar-refractivity contribution in [3.05, 3.63) is 65.1 Å². The Bertz CT molecular complexity index is 837. The van der Waals surface area contributed by atoms with E-state index in [4.69, 9.17) is 0 Å². The molecule has 1 amide bonds. The van der Waals surface area contributed by atoms with Crippen LogP contribution in [0.5, 0.6) is 0 Å². The van der Waals surface area contributed by atoms with Gasteiger partial charge >= 0.3 is 0 Å². The standard InChI is InChI=1S/C20H23N3O/c1-3-18-14(2)17-13-15(9-10-19(17)23-18)20(24)22-12-6-8-16-7-4-5-11-21-16/h4-5,7,9-11,13,23H,3,6,8,12H2,1-2H3,(H,22,24). The quantitative estimate of drug-likeness (QED) is 0.679. The number of pyridine rings is 1. The normalized spacial score (nSPS) is 10.9. The summed E-state index contributed by atoms with van der Waals surface area (Å²) in [5, 5.41) is 4.13. The number of aromatic amines is 1. The lowest BCUT2D eigenvalue weighted by Crippen LogP contribution is -2.24. The Hall–Kier alpha value is -2.62. The summed E-state index contributed by atoms with van der Waals surface area (Å²) in [6, 6.07) is 11.8. The van der Waals surface area contributed by atoms with Crippen molar-refractivity contribution in [2.75, 3.05) is 6.54 Å². The fourth-order valence-corrected chi connectivity index (χ4v) is 3.00. The molecule has 0 fully saturated rings. The minimum absolute atomic E-state index is 0.0171. The van der Waals surface area contributed by atoms with Crippen LogP contribution in [0.25, 0.3) is 10.9 Å². The van der Waals surface area contributed by atoms with Gasteiger partial charge in [0.25, 0.3) is 5.91 Å². The van der Waals surface area contributed by atoms with Gasteiger partial charge in [-0.3, -0.25) is 9.78 Å². The Morgan fingerprint density at radius 1 is 1.25 bits per heavy atom. The minimum Gasteiger partial charge on any atom is -0.358 e. The first kappa shape index (κ1) is 16.2. The number of benzene rings is 1. The molecule has 0 spiro atoms. The molecule has 124 valence electrons. The average Bonchev–Trinajstić information content (AvgIpc) is 2.95. The van der Waals surface area contributed by atoms with Crippen molar-refractivity contribution in [1.29, 1.82) is 0 Å². The van der Waals surface area contributed by atoms with E-state index in [2.05, 4.69) is 29.1 Å². The van der Waals surface area contributed by atoms with Crippen LogP contribution in [-0.2, 0) is 12.8 Å². The SMILES string of the molecule is CCc1[nH]c2ccc(C(=O)NCCCc3ccccn3)cc2c1C. The largest absolute Gasteiger partial charge is 0.358 e. The molecule has 2 aromatic heterocycles. The molecule has 2 heterocycles. The van der Waals surface area contributed by atoms with E-state index < -0.39 is 0 Å². The molecule has 0 atom stereocenters. The highest BCUT2D eigenvalue weighted by atomic mass is 16.1. The van der Waals surface area contributed by atoms with Gasteiger partial charge in [0, 0.05) is 40.6 Å². The molecule has 0 unspecified atom stereocenters. The van der Waals surface area contributed by atoms with Crippen molar-refractivity contribution < 1.29 is 4.79 Å². The van der Waals surface area contributed by atoms with Gasteiger partial charge in [-0.25, -0.2) is 0 Å². The molecule has 0 aliphatic carbocycles. The predicted octanol–water partition coefficient (Wildman–Crippen LogP) is 3.80. The van der Waals surface area contributed by atoms with E-state index in [1.807, 2.05) is 36.4 Å². The molecule has 0 radical (unpaired) electrons. The Labute approximate surface area is 142 Å². The summed E-state index contributed by atoms with van der Waals surface area (Å²) in [7, 11) is 0. The number of H-pyrrole nitrogens is 1. The molecule has 3 aromatic rings. The molecule has 4 heteroatoms. The van der Waals surface area contributed by atoms with E-state index in [1.165, 1.54) is 11.3 Å². The van der Waals surface area contributed by atoms with Crippen LogP contribution >= 0.6 is 0 Å². The second-order valence-electron chi connectivity index (χ2n) is 6.02. The molecule has 3 rings (SSSR count). The first-order chi connectivity index (χ1) is 11.7. The Morgan fingerprint density at radius 3 is 2.88 bits per heavy atom. The van der Waals surface area contributed by atoms with Crippen LogP contribution in [0.3, 0.4) is 0 Å². The lowest BCUT2D eigenvalue weighted by Gasteiger charge is -2.06. The fourth-order valence-electron chi connectivity index (χ4n) is 3.00. The molecule has 0 saturated carbocycles. The van der Waals surface area contributed by atoms with Gasteiger partial charge in [-0.05, 0) is 62.1 Å². The molecule has 24 heavy (non-hydrogen) atoms. The summed E-state index contributed by atoms with van der Waals surface area (Å²) in [4.78, 5) is 20.1. The monoisotopic (exact) mass is 321 g/mol.